The summed E-state index contributed by atoms with van der Waals surface area (Å²) in [5, 5.41) is 12.2. The number of hydrogen-bond donors (Lipinski definition) is 1. The van der Waals surface area contributed by atoms with Gasteiger partial charge in [0.15, 0.2) is 6.61 Å². The first-order chi connectivity index (χ1) is 16.4. The van der Waals surface area contributed by atoms with Crippen LogP contribution in [0.4, 0.5) is 0 Å². The van der Waals surface area contributed by atoms with Crippen LogP contribution in [0.3, 0.4) is 0 Å². The van der Waals surface area contributed by atoms with Crippen LogP contribution in [0.15, 0.2) is 27.4 Å². The quantitative estimate of drug-likeness (QED) is 0.541. The van der Waals surface area contributed by atoms with Crippen molar-refractivity contribution in [3.8, 4) is 5.75 Å². The van der Waals surface area contributed by atoms with Crippen LogP contribution in [0, 0.1) is 12.8 Å². The van der Waals surface area contributed by atoms with Gasteiger partial charge in [0.1, 0.15) is 11.3 Å². The second-order valence-corrected chi connectivity index (χ2v) is 10.2. The van der Waals surface area contributed by atoms with E-state index in [1.165, 1.54) is 0 Å². The van der Waals surface area contributed by atoms with Gasteiger partial charge in [0, 0.05) is 35.5 Å². The molecule has 2 aromatic rings. The van der Waals surface area contributed by atoms with Crippen LogP contribution in [0.25, 0.3) is 11.0 Å². The topological polar surface area (TPSA) is 80.0 Å². The Morgan fingerprint density at radius 1 is 1.24 bits per heavy atom. The maximum absolute atomic E-state index is 13.3. The van der Waals surface area contributed by atoms with Crippen molar-refractivity contribution in [1.29, 1.82) is 0 Å². The maximum Gasteiger partial charge on any atom is 0.336 e. The van der Waals surface area contributed by atoms with Crippen molar-refractivity contribution in [2.75, 3.05) is 13.2 Å². The fourth-order valence-corrected chi connectivity index (χ4v) is 6.15. The van der Waals surface area contributed by atoms with E-state index in [9.17, 15) is 14.7 Å². The number of fused-ring (bicyclic) bond motifs is 2. The number of aryl methyl sites for hydroxylation is 2. The number of ether oxygens (including phenoxy) is 1. The number of rotatable bonds is 8. The van der Waals surface area contributed by atoms with Gasteiger partial charge in [-0.15, -0.1) is 0 Å². The summed E-state index contributed by atoms with van der Waals surface area (Å²) in [4.78, 5) is 27.4. The third kappa shape index (κ3) is 4.88. The van der Waals surface area contributed by atoms with Crippen LogP contribution in [0.1, 0.15) is 82.8 Å². The Morgan fingerprint density at radius 2 is 2.06 bits per heavy atom. The molecular formula is C28H39NO5. The molecule has 1 aromatic carbocycles. The lowest BCUT2D eigenvalue weighted by Crippen LogP contribution is -2.61. The molecule has 1 aromatic heterocycles. The van der Waals surface area contributed by atoms with E-state index in [1.807, 2.05) is 24.0 Å². The molecule has 1 N–H and O–H groups in total. The fourth-order valence-electron chi connectivity index (χ4n) is 6.15. The Balaban J connectivity index is 1.52. The largest absolute Gasteiger partial charge is 0.483 e. The number of carbonyl (C=O) groups is 1. The first kappa shape index (κ1) is 24.8. The van der Waals surface area contributed by atoms with Gasteiger partial charge in [-0.05, 0) is 56.7 Å². The Kier molecular flexibility index (Phi) is 7.66. The van der Waals surface area contributed by atoms with Gasteiger partial charge in [-0.3, -0.25) is 4.79 Å². The number of piperidine rings is 1. The predicted octanol–water partition coefficient (Wildman–Crippen LogP) is 5.15. The fraction of sp³-hybridized carbons (Fsp3) is 0.643. The second-order valence-electron chi connectivity index (χ2n) is 10.2. The SMILES string of the molecule is CCCCC1[C@@H]2CCCC[C@]2(O)CCN1C(=O)COc1ccc2c(CCC)cc(=O)oc2c1C. The minimum atomic E-state index is -0.628. The highest BCUT2D eigenvalue weighted by molar-refractivity contribution is 5.85. The molecule has 186 valence electrons. The lowest BCUT2D eigenvalue weighted by atomic mass is 9.66. The minimum absolute atomic E-state index is 0.0330. The number of carbonyl (C=O) groups excluding carboxylic acids is 1. The molecule has 1 saturated carbocycles. The zero-order chi connectivity index (χ0) is 24.3. The smallest absolute Gasteiger partial charge is 0.336 e. The van der Waals surface area contributed by atoms with E-state index in [2.05, 4.69) is 13.8 Å². The van der Waals surface area contributed by atoms with Gasteiger partial charge in [0.05, 0.1) is 5.60 Å². The molecule has 34 heavy (non-hydrogen) atoms. The molecule has 4 rings (SSSR count). The summed E-state index contributed by atoms with van der Waals surface area (Å²) in [5.74, 6) is 0.683. The summed E-state index contributed by atoms with van der Waals surface area (Å²) in [7, 11) is 0. The highest BCUT2D eigenvalue weighted by Gasteiger charge is 2.49. The van der Waals surface area contributed by atoms with Gasteiger partial charge in [-0.25, -0.2) is 4.79 Å². The molecule has 3 atom stereocenters. The van der Waals surface area contributed by atoms with E-state index in [0.29, 0.717) is 24.3 Å². The van der Waals surface area contributed by atoms with Gasteiger partial charge >= 0.3 is 5.63 Å². The summed E-state index contributed by atoms with van der Waals surface area (Å²) in [5.41, 5.74) is 1.26. The summed E-state index contributed by atoms with van der Waals surface area (Å²) in [6.45, 7) is 6.64. The van der Waals surface area contributed by atoms with Crippen LogP contribution >= 0.6 is 0 Å². The first-order valence-electron chi connectivity index (χ1n) is 13.1. The highest BCUT2D eigenvalue weighted by atomic mass is 16.5. The van der Waals surface area contributed by atoms with Crippen LogP contribution in [-0.4, -0.2) is 40.7 Å². The summed E-state index contributed by atoms with van der Waals surface area (Å²) in [6.07, 6.45) is 9.46. The van der Waals surface area contributed by atoms with Crippen molar-refractivity contribution < 1.29 is 19.1 Å². The summed E-state index contributed by atoms with van der Waals surface area (Å²) in [6, 6.07) is 5.43. The number of aliphatic hydroxyl groups is 1. The average Bonchev–Trinajstić information content (AvgIpc) is 2.82. The minimum Gasteiger partial charge on any atom is -0.483 e. The highest BCUT2D eigenvalue weighted by Crippen LogP contribution is 2.44. The molecule has 1 unspecified atom stereocenters. The third-order valence-electron chi connectivity index (χ3n) is 7.96. The van der Waals surface area contributed by atoms with Crippen LogP contribution < -0.4 is 10.4 Å². The Morgan fingerprint density at radius 3 is 2.82 bits per heavy atom. The van der Waals surface area contributed by atoms with E-state index >= 15 is 0 Å². The Hall–Kier alpha value is -2.34. The molecule has 6 heteroatoms. The maximum atomic E-state index is 13.3. The van der Waals surface area contributed by atoms with Crippen molar-refractivity contribution in [2.24, 2.45) is 5.92 Å². The van der Waals surface area contributed by atoms with Crippen molar-refractivity contribution in [3.63, 3.8) is 0 Å². The number of benzene rings is 1. The number of likely N-dealkylation sites (tertiary alicyclic amines) is 1. The van der Waals surface area contributed by atoms with E-state index in [4.69, 9.17) is 9.15 Å². The Labute approximate surface area is 202 Å². The molecule has 1 amide bonds. The number of nitrogens with zero attached hydrogens (tertiary/aromatic N) is 1. The molecule has 6 nitrogen and oxygen atoms in total. The summed E-state index contributed by atoms with van der Waals surface area (Å²) >= 11 is 0. The average molecular weight is 470 g/mol. The zero-order valence-electron chi connectivity index (χ0n) is 20.9. The standard InChI is InChI=1S/C28H39NO5/c1-4-6-11-23-22-10-7-8-14-28(22,32)15-16-29(23)25(30)18-33-24-13-12-21-20(9-5-2)17-26(31)34-27(21)19(24)3/h12-13,17,22-23,32H,4-11,14-16,18H2,1-3H3/t22-,23?,28-/m0/s1. The molecule has 2 aliphatic rings. The van der Waals surface area contributed by atoms with Crippen molar-refractivity contribution in [1.82, 2.24) is 4.90 Å². The number of amides is 1. The van der Waals surface area contributed by atoms with E-state index in [1.54, 1.807) is 6.07 Å². The van der Waals surface area contributed by atoms with Crippen molar-refractivity contribution in [3.05, 3.63) is 39.7 Å². The summed E-state index contributed by atoms with van der Waals surface area (Å²) < 4.78 is 11.5. The normalized spacial score (nSPS) is 24.8. The molecule has 0 bridgehead atoms. The number of hydrogen-bond acceptors (Lipinski definition) is 5. The molecular weight excluding hydrogens is 430 g/mol. The Bertz CT molecular complexity index is 1080. The molecule has 0 radical (unpaired) electrons. The lowest BCUT2D eigenvalue weighted by molar-refractivity contribution is -0.157. The molecule has 0 spiro atoms. The van der Waals surface area contributed by atoms with E-state index < -0.39 is 5.60 Å². The van der Waals surface area contributed by atoms with Gasteiger partial charge in [-0.1, -0.05) is 46.0 Å². The van der Waals surface area contributed by atoms with Crippen molar-refractivity contribution >= 4 is 16.9 Å². The molecule has 2 fully saturated rings. The molecule has 1 saturated heterocycles. The monoisotopic (exact) mass is 469 g/mol. The van der Waals surface area contributed by atoms with Gasteiger partial charge in [0.2, 0.25) is 0 Å². The lowest BCUT2D eigenvalue weighted by Gasteiger charge is -2.52. The molecule has 1 aliphatic carbocycles. The van der Waals surface area contributed by atoms with Gasteiger partial charge in [-0.2, -0.15) is 0 Å². The van der Waals surface area contributed by atoms with Gasteiger partial charge < -0.3 is 19.2 Å². The second kappa shape index (κ2) is 10.5. The first-order valence-corrected chi connectivity index (χ1v) is 13.1. The van der Waals surface area contributed by atoms with E-state index in [0.717, 1.165) is 74.3 Å². The van der Waals surface area contributed by atoms with Crippen LogP contribution in [0.2, 0.25) is 0 Å². The predicted molar refractivity (Wildman–Crippen MR) is 133 cm³/mol. The molecule has 1 aliphatic heterocycles. The third-order valence-corrected chi connectivity index (χ3v) is 7.96. The molecule has 2 heterocycles. The number of unbranched alkanes of at least 4 members (excludes halogenated alkanes) is 1. The van der Waals surface area contributed by atoms with Crippen LogP contribution in [0.5, 0.6) is 5.75 Å². The van der Waals surface area contributed by atoms with Gasteiger partial charge in [0.25, 0.3) is 5.91 Å². The zero-order valence-corrected chi connectivity index (χ0v) is 20.9. The van der Waals surface area contributed by atoms with Crippen molar-refractivity contribution in [2.45, 2.75) is 96.6 Å². The van der Waals surface area contributed by atoms with Crippen LogP contribution in [-0.2, 0) is 11.2 Å². The van der Waals surface area contributed by atoms with E-state index in [-0.39, 0.29) is 30.1 Å².